The molecule has 0 atom stereocenters. The predicted molar refractivity (Wildman–Crippen MR) is 88.7 cm³/mol. The number of alkyl halides is 3. The Morgan fingerprint density at radius 2 is 1.84 bits per heavy atom. The summed E-state index contributed by atoms with van der Waals surface area (Å²) < 4.78 is 38.2. The maximum atomic E-state index is 12.7. The van der Waals surface area contributed by atoms with Crippen molar-refractivity contribution in [1.82, 2.24) is 10.3 Å². The first kappa shape index (κ1) is 17.3. The molecule has 0 radical (unpaired) electrons. The molecule has 1 aliphatic carbocycles. The number of rotatable bonds is 4. The monoisotopic (exact) mass is 349 g/mol. The molecule has 1 aliphatic rings. The standard InChI is InChI=1S/C18H18F3N3O/c19-18(20,21)12-4-3-7-14(10-12)23-15-8-9-16(22-11-15)17(25)24-13-5-1-2-6-13/h3-4,7-11,13,23H,1-2,5-6H2,(H,24,25). The lowest BCUT2D eigenvalue weighted by Gasteiger charge is -2.12. The number of nitrogens with zero attached hydrogens (tertiary/aromatic N) is 1. The number of carbonyl (C=O) groups is 1. The highest BCUT2D eigenvalue weighted by Gasteiger charge is 2.30. The summed E-state index contributed by atoms with van der Waals surface area (Å²) in [6.07, 6.45) is 1.26. The Balaban J connectivity index is 1.65. The number of hydrogen-bond donors (Lipinski definition) is 2. The minimum Gasteiger partial charge on any atom is -0.354 e. The zero-order chi connectivity index (χ0) is 17.9. The molecule has 1 amide bonds. The van der Waals surface area contributed by atoms with Crippen LogP contribution in [0.4, 0.5) is 24.5 Å². The number of benzene rings is 1. The van der Waals surface area contributed by atoms with Crippen molar-refractivity contribution in [2.75, 3.05) is 5.32 Å². The molecule has 0 unspecified atom stereocenters. The maximum absolute atomic E-state index is 12.7. The van der Waals surface area contributed by atoms with Gasteiger partial charge in [0.2, 0.25) is 0 Å². The Morgan fingerprint density at radius 3 is 2.48 bits per heavy atom. The number of hydrogen-bond acceptors (Lipinski definition) is 3. The molecule has 0 spiro atoms. The average Bonchev–Trinajstić information content (AvgIpc) is 3.08. The molecule has 1 heterocycles. The molecular formula is C18H18F3N3O. The predicted octanol–water partition coefficient (Wildman–Crippen LogP) is 4.52. The number of aromatic nitrogens is 1. The number of carbonyl (C=O) groups excluding carboxylic acids is 1. The molecule has 0 saturated heterocycles. The van der Waals surface area contributed by atoms with Crippen LogP contribution in [0.25, 0.3) is 0 Å². The van der Waals surface area contributed by atoms with Crippen molar-refractivity contribution >= 4 is 17.3 Å². The van der Waals surface area contributed by atoms with Crippen LogP contribution in [0.5, 0.6) is 0 Å². The van der Waals surface area contributed by atoms with E-state index in [-0.39, 0.29) is 11.9 Å². The molecule has 25 heavy (non-hydrogen) atoms. The highest BCUT2D eigenvalue weighted by atomic mass is 19.4. The van der Waals surface area contributed by atoms with Crippen LogP contribution in [-0.4, -0.2) is 16.9 Å². The van der Waals surface area contributed by atoms with Crippen LogP contribution in [0.2, 0.25) is 0 Å². The molecule has 2 aromatic rings. The second-order valence-corrected chi connectivity index (χ2v) is 6.09. The van der Waals surface area contributed by atoms with E-state index >= 15 is 0 Å². The van der Waals surface area contributed by atoms with E-state index in [0.717, 1.165) is 37.8 Å². The Labute approximate surface area is 143 Å². The average molecular weight is 349 g/mol. The summed E-state index contributed by atoms with van der Waals surface area (Å²) >= 11 is 0. The van der Waals surface area contributed by atoms with E-state index in [1.54, 1.807) is 12.1 Å². The summed E-state index contributed by atoms with van der Waals surface area (Å²) in [7, 11) is 0. The fourth-order valence-electron chi connectivity index (χ4n) is 2.87. The molecule has 4 nitrogen and oxygen atoms in total. The summed E-state index contributed by atoms with van der Waals surface area (Å²) in [6.45, 7) is 0. The number of halogens is 3. The van der Waals surface area contributed by atoms with Crippen LogP contribution < -0.4 is 10.6 Å². The van der Waals surface area contributed by atoms with E-state index in [2.05, 4.69) is 15.6 Å². The molecule has 0 aliphatic heterocycles. The number of pyridine rings is 1. The van der Waals surface area contributed by atoms with Gasteiger partial charge in [0.25, 0.3) is 5.91 Å². The van der Waals surface area contributed by atoms with Crippen molar-refractivity contribution in [1.29, 1.82) is 0 Å². The summed E-state index contributed by atoms with van der Waals surface area (Å²) in [5.41, 5.74) is 0.385. The fraction of sp³-hybridized carbons (Fsp3) is 0.333. The third-order valence-corrected chi connectivity index (χ3v) is 4.17. The van der Waals surface area contributed by atoms with Gasteiger partial charge in [-0.15, -0.1) is 0 Å². The van der Waals surface area contributed by atoms with Crippen LogP contribution in [-0.2, 0) is 6.18 Å². The SMILES string of the molecule is O=C(NC1CCCC1)c1ccc(Nc2cccc(C(F)(F)F)c2)cn1. The number of amides is 1. The highest BCUT2D eigenvalue weighted by molar-refractivity contribution is 5.92. The molecule has 3 rings (SSSR count). The van der Waals surface area contributed by atoms with Crippen LogP contribution >= 0.6 is 0 Å². The lowest BCUT2D eigenvalue weighted by molar-refractivity contribution is -0.137. The molecule has 0 bridgehead atoms. The zero-order valence-electron chi connectivity index (χ0n) is 13.4. The van der Waals surface area contributed by atoms with Crippen molar-refractivity contribution in [3.8, 4) is 0 Å². The van der Waals surface area contributed by atoms with Crippen LogP contribution in [0.15, 0.2) is 42.6 Å². The van der Waals surface area contributed by atoms with Gasteiger partial charge in [-0.25, -0.2) is 4.98 Å². The fourth-order valence-corrected chi connectivity index (χ4v) is 2.87. The van der Waals surface area contributed by atoms with E-state index in [1.165, 1.54) is 18.3 Å². The van der Waals surface area contributed by atoms with E-state index in [9.17, 15) is 18.0 Å². The zero-order valence-corrected chi connectivity index (χ0v) is 13.4. The van der Waals surface area contributed by atoms with Gasteiger partial charge in [-0.05, 0) is 43.2 Å². The lowest BCUT2D eigenvalue weighted by atomic mass is 10.2. The van der Waals surface area contributed by atoms with Gasteiger partial charge in [-0.1, -0.05) is 18.9 Å². The van der Waals surface area contributed by atoms with E-state index in [1.807, 2.05) is 0 Å². The van der Waals surface area contributed by atoms with E-state index < -0.39 is 11.7 Å². The van der Waals surface area contributed by atoms with Gasteiger partial charge in [0, 0.05) is 11.7 Å². The summed E-state index contributed by atoms with van der Waals surface area (Å²) in [5.74, 6) is -0.225. The second kappa shape index (κ2) is 7.13. The Hall–Kier alpha value is -2.57. The van der Waals surface area contributed by atoms with Crippen LogP contribution in [0.3, 0.4) is 0 Å². The molecule has 1 fully saturated rings. The van der Waals surface area contributed by atoms with Gasteiger partial charge >= 0.3 is 6.18 Å². The van der Waals surface area contributed by atoms with Crippen molar-refractivity contribution in [3.63, 3.8) is 0 Å². The Kier molecular flexibility index (Phi) is 4.92. The van der Waals surface area contributed by atoms with Gasteiger partial charge in [-0.3, -0.25) is 4.79 Å². The van der Waals surface area contributed by atoms with Crippen molar-refractivity contribution in [2.45, 2.75) is 37.9 Å². The van der Waals surface area contributed by atoms with Gasteiger partial charge in [0.1, 0.15) is 5.69 Å². The largest absolute Gasteiger partial charge is 0.416 e. The summed E-state index contributed by atoms with van der Waals surface area (Å²) in [5, 5.41) is 5.80. The summed E-state index contributed by atoms with van der Waals surface area (Å²) in [4.78, 5) is 16.2. The lowest BCUT2D eigenvalue weighted by Crippen LogP contribution is -2.33. The van der Waals surface area contributed by atoms with Crippen molar-refractivity contribution in [3.05, 3.63) is 53.9 Å². The third-order valence-electron chi connectivity index (χ3n) is 4.17. The molecule has 1 saturated carbocycles. The van der Waals surface area contributed by atoms with Gasteiger partial charge < -0.3 is 10.6 Å². The van der Waals surface area contributed by atoms with Crippen LogP contribution in [0.1, 0.15) is 41.7 Å². The number of anilines is 2. The first-order chi connectivity index (χ1) is 11.9. The van der Waals surface area contributed by atoms with Gasteiger partial charge in [0.15, 0.2) is 0 Å². The first-order valence-electron chi connectivity index (χ1n) is 8.13. The quantitative estimate of drug-likeness (QED) is 0.853. The molecule has 7 heteroatoms. The van der Waals surface area contributed by atoms with E-state index in [0.29, 0.717) is 17.1 Å². The first-order valence-corrected chi connectivity index (χ1v) is 8.13. The van der Waals surface area contributed by atoms with Gasteiger partial charge in [-0.2, -0.15) is 13.2 Å². The molecule has 1 aromatic heterocycles. The molecule has 1 aromatic carbocycles. The Morgan fingerprint density at radius 1 is 1.08 bits per heavy atom. The van der Waals surface area contributed by atoms with E-state index in [4.69, 9.17) is 0 Å². The normalized spacial score (nSPS) is 15.2. The smallest absolute Gasteiger partial charge is 0.354 e. The topological polar surface area (TPSA) is 54.0 Å². The molecular weight excluding hydrogens is 331 g/mol. The number of nitrogens with one attached hydrogen (secondary N) is 2. The Bertz CT molecular complexity index is 738. The summed E-state index contributed by atoms with van der Waals surface area (Å²) in [6, 6.07) is 8.30. The van der Waals surface area contributed by atoms with Crippen LogP contribution in [0, 0.1) is 0 Å². The van der Waals surface area contributed by atoms with Crippen molar-refractivity contribution in [2.24, 2.45) is 0 Å². The maximum Gasteiger partial charge on any atom is 0.416 e. The molecule has 2 N–H and O–H groups in total. The second-order valence-electron chi connectivity index (χ2n) is 6.09. The minimum absolute atomic E-state index is 0.206. The molecule has 132 valence electrons. The highest BCUT2D eigenvalue weighted by Crippen LogP contribution is 2.31. The van der Waals surface area contributed by atoms with Gasteiger partial charge in [0.05, 0.1) is 17.4 Å². The minimum atomic E-state index is -4.39. The van der Waals surface area contributed by atoms with Crippen molar-refractivity contribution < 1.29 is 18.0 Å². The third kappa shape index (κ3) is 4.49.